The zero-order valence-corrected chi connectivity index (χ0v) is 15.0. The second-order valence-corrected chi connectivity index (χ2v) is 7.57. The van der Waals surface area contributed by atoms with Crippen LogP contribution >= 0.6 is 0 Å². The molecule has 0 unspecified atom stereocenters. The van der Waals surface area contributed by atoms with Crippen molar-refractivity contribution in [3.05, 3.63) is 17.5 Å². The van der Waals surface area contributed by atoms with Crippen molar-refractivity contribution in [3.63, 3.8) is 0 Å². The molecule has 1 saturated heterocycles. The van der Waals surface area contributed by atoms with E-state index in [4.69, 9.17) is 5.73 Å². The molecule has 2 aliphatic rings. The average molecular weight is 345 g/mol. The summed E-state index contributed by atoms with van der Waals surface area (Å²) in [5.41, 5.74) is 6.05. The van der Waals surface area contributed by atoms with Crippen molar-refractivity contribution in [3.8, 4) is 0 Å². The number of anilines is 1. The van der Waals surface area contributed by atoms with Gasteiger partial charge >= 0.3 is 0 Å². The number of hydrogen-bond donors (Lipinski definition) is 2. The van der Waals surface area contributed by atoms with Crippen LogP contribution in [0, 0.1) is 12.3 Å². The van der Waals surface area contributed by atoms with Crippen LogP contribution in [0.3, 0.4) is 0 Å². The molecule has 3 rings (SSSR count). The Morgan fingerprint density at radius 3 is 2.72 bits per heavy atom. The number of nitrogen functional groups attached to an aromatic ring is 1. The van der Waals surface area contributed by atoms with Gasteiger partial charge in [0.1, 0.15) is 0 Å². The number of carbonyl (C=O) groups excluding carboxylic acids is 2. The van der Waals surface area contributed by atoms with E-state index in [0.717, 1.165) is 25.7 Å². The molecule has 7 nitrogen and oxygen atoms in total. The molecular weight excluding hydrogens is 318 g/mol. The monoisotopic (exact) mass is 345 g/mol. The topological polar surface area (TPSA) is 101 Å². The average Bonchev–Trinajstić information content (AvgIpc) is 3.07. The number of carbonyl (C=O) groups is 2. The van der Waals surface area contributed by atoms with Gasteiger partial charge in [-0.05, 0) is 39.5 Å². The van der Waals surface area contributed by atoms with Gasteiger partial charge in [-0.25, -0.2) is 9.97 Å². The predicted molar refractivity (Wildman–Crippen MR) is 94.8 cm³/mol. The van der Waals surface area contributed by atoms with Gasteiger partial charge in [-0.3, -0.25) is 9.59 Å². The zero-order chi connectivity index (χ0) is 18.0. The number of likely N-dealkylation sites (tertiary alicyclic amines) is 1. The number of nitrogens with zero attached hydrogens (tertiary/aromatic N) is 3. The number of nitrogens with one attached hydrogen (secondary N) is 1. The Hall–Kier alpha value is -2.18. The van der Waals surface area contributed by atoms with E-state index in [2.05, 4.69) is 15.3 Å². The van der Waals surface area contributed by atoms with Gasteiger partial charge in [0.15, 0.2) is 0 Å². The molecule has 2 amide bonds. The molecule has 3 N–H and O–H groups in total. The van der Waals surface area contributed by atoms with Crippen molar-refractivity contribution in [1.29, 1.82) is 0 Å². The van der Waals surface area contributed by atoms with Crippen molar-refractivity contribution >= 4 is 17.8 Å². The first-order valence-electron chi connectivity index (χ1n) is 9.08. The van der Waals surface area contributed by atoms with Crippen molar-refractivity contribution in [2.45, 2.75) is 58.4 Å². The van der Waals surface area contributed by atoms with Gasteiger partial charge in [-0.15, -0.1) is 0 Å². The summed E-state index contributed by atoms with van der Waals surface area (Å²) in [4.78, 5) is 35.4. The minimum Gasteiger partial charge on any atom is -0.368 e. The van der Waals surface area contributed by atoms with Gasteiger partial charge in [0.2, 0.25) is 11.9 Å². The Morgan fingerprint density at radius 2 is 2.04 bits per heavy atom. The minimum absolute atomic E-state index is 0.0715. The molecule has 0 radical (unpaired) electrons. The molecule has 7 heteroatoms. The van der Waals surface area contributed by atoms with Gasteiger partial charge in [0, 0.05) is 25.3 Å². The Morgan fingerprint density at radius 1 is 1.32 bits per heavy atom. The van der Waals surface area contributed by atoms with Gasteiger partial charge in [-0.1, -0.05) is 12.8 Å². The lowest BCUT2D eigenvalue weighted by atomic mass is 9.80. The number of aromatic nitrogens is 2. The summed E-state index contributed by atoms with van der Waals surface area (Å²) in [6.07, 6.45) is 7.58. The number of hydrogen-bond acceptors (Lipinski definition) is 5. The van der Waals surface area contributed by atoms with Crippen molar-refractivity contribution in [2.24, 2.45) is 5.41 Å². The van der Waals surface area contributed by atoms with E-state index in [1.165, 1.54) is 19.0 Å². The maximum atomic E-state index is 12.9. The highest BCUT2D eigenvalue weighted by molar-refractivity contribution is 5.95. The number of rotatable bonds is 3. The Balaban J connectivity index is 1.71. The SMILES string of the molecule is Cc1nc(N)ncc1C(=O)N1CCC[C@@](C)(C(=O)NC2CCCC2)C1. The normalized spacial score (nSPS) is 24.3. The molecule has 2 heterocycles. The quantitative estimate of drug-likeness (QED) is 0.868. The minimum atomic E-state index is -0.543. The summed E-state index contributed by atoms with van der Waals surface area (Å²) in [6.45, 7) is 4.79. The fourth-order valence-corrected chi connectivity index (χ4v) is 3.89. The van der Waals surface area contributed by atoms with Gasteiger partial charge < -0.3 is 16.0 Å². The number of nitrogens with two attached hydrogens (primary N) is 1. The maximum absolute atomic E-state index is 12.9. The molecule has 1 atom stereocenters. The van der Waals surface area contributed by atoms with Crippen LogP contribution in [0.15, 0.2) is 6.20 Å². The van der Waals surface area contributed by atoms with Gasteiger partial charge in [0.25, 0.3) is 5.91 Å². The van der Waals surface area contributed by atoms with E-state index < -0.39 is 5.41 Å². The Kier molecular flexibility index (Phi) is 4.92. The van der Waals surface area contributed by atoms with E-state index in [1.54, 1.807) is 11.8 Å². The molecule has 2 fully saturated rings. The second-order valence-electron chi connectivity index (χ2n) is 7.57. The molecule has 1 aliphatic heterocycles. The van der Waals surface area contributed by atoms with Crippen LogP contribution in [0.5, 0.6) is 0 Å². The third kappa shape index (κ3) is 3.75. The molecule has 0 bridgehead atoms. The standard InChI is InChI=1S/C18H27N5O2/c1-12-14(10-20-17(19)21-12)15(24)23-9-5-8-18(2,11-23)16(25)22-13-6-3-4-7-13/h10,13H,3-9,11H2,1-2H3,(H,22,25)(H2,19,20,21)/t18-/m1/s1. The van der Waals surface area contributed by atoms with E-state index in [9.17, 15) is 9.59 Å². The van der Waals surface area contributed by atoms with E-state index in [0.29, 0.717) is 30.4 Å². The molecular formula is C18H27N5O2. The molecule has 136 valence electrons. The summed E-state index contributed by atoms with van der Waals surface area (Å²) in [7, 11) is 0. The lowest BCUT2D eigenvalue weighted by Crippen LogP contribution is -2.53. The first kappa shape index (κ1) is 17.6. The van der Waals surface area contributed by atoms with Crippen LogP contribution < -0.4 is 11.1 Å². The number of piperidine rings is 1. The highest BCUT2D eigenvalue weighted by Gasteiger charge is 2.40. The van der Waals surface area contributed by atoms with Crippen molar-refractivity contribution < 1.29 is 9.59 Å². The fraction of sp³-hybridized carbons (Fsp3) is 0.667. The molecule has 1 aromatic heterocycles. The Labute approximate surface area is 148 Å². The van der Waals surface area contributed by atoms with Gasteiger partial charge in [0.05, 0.1) is 16.7 Å². The lowest BCUT2D eigenvalue weighted by molar-refractivity contribution is -0.133. The fourth-order valence-electron chi connectivity index (χ4n) is 3.89. The zero-order valence-electron chi connectivity index (χ0n) is 15.0. The summed E-state index contributed by atoms with van der Waals surface area (Å²) >= 11 is 0. The molecule has 0 spiro atoms. The van der Waals surface area contributed by atoms with Crippen molar-refractivity contribution in [2.75, 3.05) is 18.8 Å². The van der Waals surface area contributed by atoms with Crippen molar-refractivity contribution in [1.82, 2.24) is 20.2 Å². The number of amides is 2. The smallest absolute Gasteiger partial charge is 0.257 e. The first-order valence-corrected chi connectivity index (χ1v) is 9.08. The van der Waals surface area contributed by atoms with Crippen LogP contribution in [0.4, 0.5) is 5.95 Å². The molecule has 0 aromatic carbocycles. The third-order valence-electron chi connectivity index (χ3n) is 5.45. The van der Waals surface area contributed by atoms with E-state index in [1.807, 2.05) is 6.92 Å². The number of aryl methyl sites for hydroxylation is 1. The lowest BCUT2D eigenvalue weighted by Gasteiger charge is -2.40. The second kappa shape index (κ2) is 6.98. The Bertz CT molecular complexity index is 671. The van der Waals surface area contributed by atoms with Crippen LogP contribution in [-0.2, 0) is 4.79 Å². The highest BCUT2D eigenvalue weighted by atomic mass is 16.2. The summed E-state index contributed by atoms with van der Waals surface area (Å²) < 4.78 is 0. The maximum Gasteiger partial charge on any atom is 0.257 e. The predicted octanol–water partition coefficient (Wildman–Crippen LogP) is 1.67. The summed E-state index contributed by atoms with van der Waals surface area (Å²) in [5, 5.41) is 3.19. The highest BCUT2D eigenvalue weighted by Crippen LogP contribution is 2.31. The first-order chi connectivity index (χ1) is 11.9. The largest absolute Gasteiger partial charge is 0.368 e. The third-order valence-corrected chi connectivity index (χ3v) is 5.45. The van der Waals surface area contributed by atoms with Crippen LogP contribution in [0.1, 0.15) is 61.5 Å². The van der Waals surface area contributed by atoms with Gasteiger partial charge in [-0.2, -0.15) is 0 Å². The van der Waals surface area contributed by atoms with Crippen LogP contribution in [0.25, 0.3) is 0 Å². The van der Waals surface area contributed by atoms with Crippen LogP contribution in [0.2, 0.25) is 0 Å². The van der Waals surface area contributed by atoms with E-state index in [-0.39, 0.29) is 17.8 Å². The molecule has 1 aromatic rings. The summed E-state index contributed by atoms with van der Waals surface area (Å²) in [5.74, 6) is 0.104. The van der Waals surface area contributed by atoms with E-state index >= 15 is 0 Å². The molecule has 1 aliphatic carbocycles. The molecule has 25 heavy (non-hydrogen) atoms. The molecule has 1 saturated carbocycles. The van der Waals surface area contributed by atoms with Crippen LogP contribution in [-0.4, -0.2) is 45.8 Å². The summed E-state index contributed by atoms with van der Waals surface area (Å²) in [6, 6.07) is 0.295.